The highest BCUT2D eigenvalue weighted by Crippen LogP contribution is 2.30. The Hall–Kier alpha value is -0.740. The number of nitrogens with one attached hydrogen (secondary N) is 1. The van der Waals surface area contributed by atoms with Gasteiger partial charge in [-0.25, -0.2) is 0 Å². The van der Waals surface area contributed by atoms with Crippen LogP contribution in [0.3, 0.4) is 0 Å². The number of nitrogens with zero attached hydrogens (tertiary/aromatic N) is 2. The first-order valence-electron chi connectivity index (χ1n) is 6.76. The molecule has 0 amide bonds. The van der Waals surface area contributed by atoms with Crippen LogP contribution in [0.25, 0.3) is 0 Å². The van der Waals surface area contributed by atoms with Gasteiger partial charge < -0.3 is 10.2 Å². The lowest BCUT2D eigenvalue weighted by Gasteiger charge is -2.40. The van der Waals surface area contributed by atoms with Crippen LogP contribution in [0.5, 0.6) is 0 Å². The molecule has 2 heterocycles. The first-order chi connectivity index (χ1) is 8.74. The molecule has 4 heteroatoms. The summed E-state index contributed by atoms with van der Waals surface area (Å²) in [6, 6.07) is 2.71. The molecule has 1 aliphatic heterocycles. The molecule has 1 aromatic rings. The lowest BCUT2D eigenvalue weighted by molar-refractivity contribution is 0.620. The van der Waals surface area contributed by atoms with Gasteiger partial charge in [0.25, 0.3) is 0 Å². The van der Waals surface area contributed by atoms with E-state index >= 15 is 0 Å². The molecular weight excluding hydrogens is 242 g/mol. The van der Waals surface area contributed by atoms with Crippen molar-refractivity contribution in [3.8, 4) is 0 Å². The van der Waals surface area contributed by atoms with E-state index in [4.69, 9.17) is 0 Å². The van der Waals surface area contributed by atoms with Gasteiger partial charge in [-0.1, -0.05) is 13.8 Å². The summed E-state index contributed by atoms with van der Waals surface area (Å²) in [4.78, 5) is 6.83. The van der Waals surface area contributed by atoms with Gasteiger partial charge in [0.1, 0.15) is 0 Å². The maximum absolute atomic E-state index is 4.31. The van der Waals surface area contributed by atoms with E-state index in [0.29, 0.717) is 11.3 Å². The van der Waals surface area contributed by atoms with E-state index in [1.165, 1.54) is 17.0 Å². The molecule has 1 fully saturated rings. The highest BCUT2D eigenvalue weighted by Gasteiger charge is 2.26. The molecule has 0 aliphatic carbocycles. The van der Waals surface area contributed by atoms with Crippen molar-refractivity contribution < 1.29 is 0 Å². The molecule has 0 bridgehead atoms. The molecule has 1 aliphatic rings. The van der Waals surface area contributed by atoms with Crippen LogP contribution in [-0.2, 0) is 6.54 Å². The van der Waals surface area contributed by atoms with Crippen molar-refractivity contribution in [2.75, 3.05) is 23.7 Å². The zero-order valence-corrected chi connectivity index (χ0v) is 12.3. The lowest BCUT2D eigenvalue weighted by Crippen LogP contribution is -2.45. The van der Waals surface area contributed by atoms with Crippen LogP contribution in [0.15, 0.2) is 18.5 Å². The third-order valence-corrected chi connectivity index (χ3v) is 4.98. The van der Waals surface area contributed by atoms with Crippen molar-refractivity contribution in [2.45, 2.75) is 38.6 Å². The third kappa shape index (κ3) is 2.98. The van der Waals surface area contributed by atoms with Crippen molar-refractivity contribution in [3.63, 3.8) is 0 Å². The number of hydrogen-bond donors (Lipinski definition) is 1. The van der Waals surface area contributed by atoms with E-state index in [9.17, 15) is 0 Å². The van der Waals surface area contributed by atoms with Gasteiger partial charge in [0.2, 0.25) is 0 Å². The second kappa shape index (κ2) is 6.43. The summed E-state index contributed by atoms with van der Waals surface area (Å²) >= 11 is 2.07. The Labute approximate surface area is 114 Å². The minimum Gasteiger partial charge on any atom is -0.365 e. The van der Waals surface area contributed by atoms with E-state index in [1.54, 1.807) is 0 Å². The normalized spacial score (nSPS) is 24.3. The Balaban J connectivity index is 2.20. The summed E-state index contributed by atoms with van der Waals surface area (Å²) in [6.07, 6.45) is 3.91. The fourth-order valence-corrected chi connectivity index (χ4v) is 3.46. The van der Waals surface area contributed by atoms with Crippen LogP contribution < -0.4 is 10.2 Å². The molecule has 2 unspecified atom stereocenters. The fourth-order valence-electron chi connectivity index (χ4n) is 2.36. The predicted molar refractivity (Wildman–Crippen MR) is 80.3 cm³/mol. The van der Waals surface area contributed by atoms with Gasteiger partial charge in [0, 0.05) is 36.3 Å². The molecule has 2 rings (SSSR count). The van der Waals surface area contributed by atoms with E-state index in [1.807, 2.05) is 12.4 Å². The quantitative estimate of drug-likeness (QED) is 0.905. The monoisotopic (exact) mass is 265 g/mol. The number of thioether (sulfide) groups is 1. The largest absolute Gasteiger partial charge is 0.365 e. The first-order valence-corrected chi connectivity index (χ1v) is 7.80. The Morgan fingerprint density at radius 3 is 3.11 bits per heavy atom. The van der Waals surface area contributed by atoms with Gasteiger partial charge >= 0.3 is 0 Å². The number of aromatic nitrogens is 1. The van der Waals surface area contributed by atoms with Gasteiger partial charge in [-0.3, -0.25) is 4.98 Å². The predicted octanol–water partition coefficient (Wildman–Crippen LogP) is 2.52. The molecule has 0 spiro atoms. The van der Waals surface area contributed by atoms with E-state index < -0.39 is 0 Å². The molecule has 3 nitrogen and oxygen atoms in total. The molecule has 1 aromatic heterocycles. The van der Waals surface area contributed by atoms with Crippen LogP contribution in [-0.4, -0.2) is 35.1 Å². The average Bonchev–Trinajstić information content (AvgIpc) is 2.40. The van der Waals surface area contributed by atoms with Gasteiger partial charge in [0.15, 0.2) is 0 Å². The Bertz CT molecular complexity index is 383. The molecule has 18 heavy (non-hydrogen) atoms. The summed E-state index contributed by atoms with van der Waals surface area (Å²) in [5.74, 6) is 1.21. The molecule has 1 N–H and O–H groups in total. The summed E-state index contributed by atoms with van der Waals surface area (Å²) in [7, 11) is 0. The smallest absolute Gasteiger partial charge is 0.0601 e. The SMILES string of the molecule is CCNCc1ccncc1N1CCSC(C)C1C. The minimum atomic E-state index is 0.577. The number of pyridine rings is 1. The molecular formula is C14H23N3S. The summed E-state index contributed by atoms with van der Waals surface area (Å²) in [5.41, 5.74) is 2.66. The molecule has 0 aromatic carbocycles. The maximum atomic E-state index is 4.31. The van der Waals surface area contributed by atoms with Crippen LogP contribution in [0, 0.1) is 0 Å². The number of rotatable bonds is 4. The average molecular weight is 265 g/mol. The maximum Gasteiger partial charge on any atom is 0.0601 e. The lowest BCUT2D eigenvalue weighted by atomic mass is 10.1. The van der Waals surface area contributed by atoms with Crippen molar-refractivity contribution in [1.29, 1.82) is 0 Å². The fraction of sp³-hybridized carbons (Fsp3) is 0.643. The Kier molecular flexibility index (Phi) is 4.89. The Morgan fingerprint density at radius 2 is 2.33 bits per heavy atom. The third-order valence-electron chi connectivity index (χ3n) is 3.65. The molecule has 0 radical (unpaired) electrons. The zero-order valence-electron chi connectivity index (χ0n) is 11.5. The van der Waals surface area contributed by atoms with Crippen LogP contribution >= 0.6 is 11.8 Å². The topological polar surface area (TPSA) is 28.2 Å². The van der Waals surface area contributed by atoms with Crippen LogP contribution in [0.1, 0.15) is 26.3 Å². The Morgan fingerprint density at radius 1 is 1.50 bits per heavy atom. The minimum absolute atomic E-state index is 0.577. The van der Waals surface area contributed by atoms with Gasteiger partial charge in [0.05, 0.1) is 11.9 Å². The van der Waals surface area contributed by atoms with Crippen molar-refractivity contribution in [3.05, 3.63) is 24.0 Å². The van der Waals surface area contributed by atoms with E-state index in [-0.39, 0.29) is 0 Å². The van der Waals surface area contributed by atoms with Crippen molar-refractivity contribution >= 4 is 17.4 Å². The van der Waals surface area contributed by atoms with Crippen LogP contribution in [0.2, 0.25) is 0 Å². The molecule has 100 valence electrons. The van der Waals surface area contributed by atoms with E-state index in [2.05, 4.69) is 53.8 Å². The van der Waals surface area contributed by atoms with Gasteiger partial charge in [-0.05, 0) is 25.1 Å². The summed E-state index contributed by atoms with van der Waals surface area (Å²) < 4.78 is 0. The first kappa shape index (κ1) is 13.7. The van der Waals surface area contributed by atoms with Crippen molar-refractivity contribution in [1.82, 2.24) is 10.3 Å². The second-order valence-corrected chi connectivity index (χ2v) is 6.28. The highest BCUT2D eigenvalue weighted by atomic mass is 32.2. The second-order valence-electron chi connectivity index (χ2n) is 4.79. The van der Waals surface area contributed by atoms with Gasteiger partial charge in [-0.2, -0.15) is 11.8 Å². The van der Waals surface area contributed by atoms with Crippen molar-refractivity contribution in [2.24, 2.45) is 0 Å². The van der Waals surface area contributed by atoms with Crippen LogP contribution in [0.4, 0.5) is 5.69 Å². The van der Waals surface area contributed by atoms with E-state index in [0.717, 1.165) is 19.6 Å². The summed E-state index contributed by atoms with van der Waals surface area (Å²) in [6.45, 7) is 9.84. The van der Waals surface area contributed by atoms with Gasteiger partial charge in [-0.15, -0.1) is 0 Å². The number of hydrogen-bond acceptors (Lipinski definition) is 4. The molecule has 0 saturated carbocycles. The number of anilines is 1. The summed E-state index contributed by atoms with van der Waals surface area (Å²) in [5, 5.41) is 4.10. The highest BCUT2D eigenvalue weighted by molar-refractivity contribution is 8.00. The molecule has 1 saturated heterocycles. The zero-order chi connectivity index (χ0) is 13.0. The molecule has 2 atom stereocenters. The standard InChI is InChI=1S/C14H23N3S/c1-4-15-9-13-5-6-16-10-14(13)17-7-8-18-12(3)11(17)2/h5-6,10-12,15H,4,7-9H2,1-3H3.